The maximum absolute atomic E-state index is 6.00. The van der Waals surface area contributed by atoms with Gasteiger partial charge in [0.05, 0.1) is 5.69 Å². The number of pyridine rings is 1. The molecule has 1 aromatic rings. The number of nitrogens with one attached hydrogen (secondary N) is 1. The lowest BCUT2D eigenvalue weighted by molar-refractivity contribution is 0.708. The first-order valence-corrected chi connectivity index (χ1v) is 6.18. The topological polar surface area (TPSA) is 80.2 Å². The van der Waals surface area contributed by atoms with Crippen LogP contribution in [0.5, 0.6) is 0 Å². The van der Waals surface area contributed by atoms with Gasteiger partial charge in [0.25, 0.3) is 0 Å². The minimum Gasteiger partial charge on any atom is -0.355 e. The zero-order valence-electron chi connectivity index (χ0n) is 10.1. The summed E-state index contributed by atoms with van der Waals surface area (Å²) in [6, 6.07) is 3.71. The summed E-state index contributed by atoms with van der Waals surface area (Å²) in [6.07, 6.45) is 2.24. The van der Waals surface area contributed by atoms with Crippen molar-refractivity contribution < 1.29 is 0 Å². The van der Waals surface area contributed by atoms with Crippen molar-refractivity contribution in [3.8, 4) is 0 Å². The van der Waals surface area contributed by atoms with Gasteiger partial charge in [-0.3, -0.25) is 5.84 Å². The number of hydrogen-bond acceptors (Lipinski definition) is 5. The molecule has 5 N–H and O–H groups in total. The molecule has 5 nitrogen and oxygen atoms in total. The van der Waals surface area contributed by atoms with Crippen LogP contribution in [0.3, 0.4) is 0 Å². The number of nitrogens with two attached hydrogens (primary N) is 2. The SMILES string of the molecule is CCCCN(CCN)c1ccc(NN)c(Cl)n1. The molecule has 0 unspecified atom stereocenters. The molecule has 0 aromatic carbocycles. The summed E-state index contributed by atoms with van der Waals surface area (Å²) in [4.78, 5) is 6.44. The number of nitrogens with zero attached hydrogens (tertiary/aromatic N) is 2. The molecule has 1 aromatic heterocycles. The Morgan fingerprint density at radius 1 is 1.41 bits per heavy atom. The summed E-state index contributed by atoms with van der Waals surface area (Å²) in [7, 11) is 0. The average Bonchev–Trinajstić information content (AvgIpc) is 2.34. The molecular weight excluding hydrogens is 238 g/mol. The summed E-state index contributed by atoms with van der Waals surface area (Å²) >= 11 is 6.00. The Hall–Kier alpha value is -1.04. The van der Waals surface area contributed by atoms with Crippen LogP contribution in [0.1, 0.15) is 19.8 Å². The third kappa shape index (κ3) is 4.03. The summed E-state index contributed by atoms with van der Waals surface area (Å²) in [6.45, 7) is 4.47. The Kier molecular flexibility index (Phi) is 6.04. The highest BCUT2D eigenvalue weighted by molar-refractivity contribution is 6.32. The third-order valence-corrected chi connectivity index (χ3v) is 2.78. The number of unbranched alkanes of at least 4 members (excludes halogenated alkanes) is 1. The molecule has 0 aliphatic rings. The second-order valence-corrected chi connectivity index (χ2v) is 4.14. The number of halogens is 1. The molecule has 0 atom stereocenters. The standard InChI is InChI=1S/C11H20ClN5/c1-2-3-7-17(8-6-13)10-5-4-9(16-14)11(12)15-10/h4-5,16H,2-3,6-8,13-14H2,1H3. The molecule has 0 radical (unpaired) electrons. The first-order valence-electron chi connectivity index (χ1n) is 5.81. The third-order valence-electron chi connectivity index (χ3n) is 2.49. The second-order valence-electron chi connectivity index (χ2n) is 3.78. The summed E-state index contributed by atoms with van der Waals surface area (Å²) in [5, 5.41) is 0.378. The van der Waals surface area contributed by atoms with Gasteiger partial charge in [0.1, 0.15) is 5.82 Å². The van der Waals surface area contributed by atoms with Crippen LogP contribution < -0.4 is 21.9 Å². The van der Waals surface area contributed by atoms with Crippen molar-refractivity contribution in [2.45, 2.75) is 19.8 Å². The van der Waals surface area contributed by atoms with Crippen LogP contribution in [-0.4, -0.2) is 24.6 Å². The van der Waals surface area contributed by atoms with Crippen LogP contribution in [-0.2, 0) is 0 Å². The van der Waals surface area contributed by atoms with Gasteiger partial charge in [-0.25, -0.2) is 4.98 Å². The monoisotopic (exact) mass is 257 g/mol. The molecule has 0 bridgehead atoms. The van der Waals surface area contributed by atoms with E-state index in [0.717, 1.165) is 31.7 Å². The minimum atomic E-state index is 0.378. The largest absolute Gasteiger partial charge is 0.355 e. The Morgan fingerprint density at radius 2 is 2.18 bits per heavy atom. The first-order chi connectivity index (χ1) is 8.22. The number of anilines is 2. The van der Waals surface area contributed by atoms with Crippen molar-refractivity contribution in [3.63, 3.8) is 0 Å². The van der Waals surface area contributed by atoms with Gasteiger partial charge in [-0.15, -0.1) is 0 Å². The average molecular weight is 258 g/mol. The number of nitrogen functional groups attached to an aromatic ring is 1. The van der Waals surface area contributed by atoms with E-state index >= 15 is 0 Å². The fourth-order valence-corrected chi connectivity index (χ4v) is 1.76. The predicted molar refractivity (Wildman–Crippen MR) is 73.2 cm³/mol. The summed E-state index contributed by atoms with van der Waals surface area (Å²) in [5.41, 5.74) is 8.72. The van der Waals surface area contributed by atoms with Crippen molar-refractivity contribution in [2.24, 2.45) is 11.6 Å². The fourth-order valence-electron chi connectivity index (χ4n) is 1.55. The molecule has 0 aliphatic carbocycles. The van der Waals surface area contributed by atoms with E-state index in [2.05, 4.69) is 22.2 Å². The van der Waals surface area contributed by atoms with Gasteiger partial charge in [0.15, 0.2) is 5.15 Å². The van der Waals surface area contributed by atoms with E-state index in [1.54, 1.807) is 0 Å². The van der Waals surface area contributed by atoms with Gasteiger partial charge in [-0.1, -0.05) is 24.9 Å². The van der Waals surface area contributed by atoms with Gasteiger partial charge < -0.3 is 16.1 Å². The maximum atomic E-state index is 6.00. The van der Waals surface area contributed by atoms with E-state index in [-0.39, 0.29) is 0 Å². The molecule has 1 heterocycles. The van der Waals surface area contributed by atoms with Crippen molar-refractivity contribution in [3.05, 3.63) is 17.3 Å². The quantitative estimate of drug-likeness (QED) is 0.393. The van der Waals surface area contributed by atoms with Crippen LogP contribution in [0.25, 0.3) is 0 Å². The lowest BCUT2D eigenvalue weighted by atomic mass is 10.3. The van der Waals surface area contributed by atoms with Crippen molar-refractivity contribution in [1.82, 2.24) is 4.98 Å². The fraction of sp³-hybridized carbons (Fsp3) is 0.545. The summed E-state index contributed by atoms with van der Waals surface area (Å²) in [5.74, 6) is 6.15. The van der Waals surface area contributed by atoms with E-state index in [9.17, 15) is 0 Å². The number of rotatable bonds is 7. The number of aromatic nitrogens is 1. The zero-order valence-corrected chi connectivity index (χ0v) is 10.9. The van der Waals surface area contributed by atoms with Gasteiger partial charge in [-0.05, 0) is 18.6 Å². The van der Waals surface area contributed by atoms with E-state index in [1.165, 1.54) is 0 Å². The Bertz CT molecular complexity index is 345. The van der Waals surface area contributed by atoms with Crippen molar-refractivity contribution in [2.75, 3.05) is 30.0 Å². The molecule has 1 rings (SSSR count). The molecule has 0 spiro atoms. The van der Waals surface area contributed by atoms with Crippen molar-refractivity contribution in [1.29, 1.82) is 0 Å². The number of hydrogen-bond donors (Lipinski definition) is 3. The Morgan fingerprint density at radius 3 is 2.71 bits per heavy atom. The molecule has 0 saturated carbocycles. The Labute approximate surface area is 107 Å². The highest BCUT2D eigenvalue weighted by atomic mass is 35.5. The molecule has 0 saturated heterocycles. The molecule has 6 heteroatoms. The molecular formula is C11H20ClN5. The molecule has 0 amide bonds. The lowest BCUT2D eigenvalue weighted by Gasteiger charge is -2.23. The zero-order chi connectivity index (χ0) is 12.7. The van der Waals surface area contributed by atoms with Gasteiger partial charge in [0, 0.05) is 19.6 Å². The van der Waals surface area contributed by atoms with E-state index in [4.69, 9.17) is 23.2 Å². The van der Waals surface area contributed by atoms with Crippen LogP contribution in [0, 0.1) is 0 Å². The van der Waals surface area contributed by atoms with E-state index < -0.39 is 0 Å². The van der Waals surface area contributed by atoms with E-state index in [0.29, 0.717) is 17.4 Å². The summed E-state index contributed by atoms with van der Waals surface area (Å²) < 4.78 is 0. The second kappa shape index (κ2) is 7.32. The van der Waals surface area contributed by atoms with Gasteiger partial charge in [0.2, 0.25) is 0 Å². The van der Waals surface area contributed by atoms with Crippen LogP contribution >= 0.6 is 11.6 Å². The van der Waals surface area contributed by atoms with Crippen LogP contribution in [0.4, 0.5) is 11.5 Å². The highest BCUT2D eigenvalue weighted by Gasteiger charge is 2.09. The smallest absolute Gasteiger partial charge is 0.155 e. The minimum absolute atomic E-state index is 0.378. The molecule has 96 valence electrons. The maximum Gasteiger partial charge on any atom is 0.155 e. The predicted octanol–water partition coefficient (Wildman–Crippen LogP) is 1.59. The normalized spacial score (nSPS) is 10.4. The highest BCUT2D eigenvalue weighted by Crippen LogP contribution is 2.22. The van der Waals surface area contributed by atoms with Gasteiger partial charge >= 0.3 is 0 Å². The lowest BCUT2D eigenvalue weighted by Crippen LogP contribution is -2.31. The van der Waals surface area contributed by atoms with Crippen LogP contribution in [0.15, 0.2) is 12.1 Å². The van der Waals surface area contributed by atoms with E-state index in [1.807, 2.05) is 12.1 Å². The molecule has 17 heavy (non-hydrogen) atoms. The van der Waals surface area contributed by atoms with Gasteiger partial charge in [-0.2, -0.15) is 0 Å². The molecule has 0 aliphatic heterocycles. The first kappa shape index (κ1) is 14.0. The van der Waals surface area contributed by atoms with Crippen LogP contribution in [0.2, 0.25) is 5.15 Å². The Balaban J connectivity index is 2.82. The number of hydrazine groups is 1. The molecule has 0 fully saturated rings. The van der Waals surface area contributed by atoms with Crippen molar-refractivity contribution >= 4 is 23.1 Å².